The first-order chi connectivity index (χ1) is 14.6. The molecule has 0 bridgehead atoms. The summed E-state index contributed by atoms with van der Waals surface area (Å²) in [5.74, 6) is 0.516. The lowest BCUT2D eigenvalue weighted by molar-refractivity contribution is -0.140. The molecule has 1 aromatic carbocycles. The Morgan fingerprint density at radius 2 is 1.63 bits per heavy atom. The number of nitrogens with zero attached hydrogens (tertiary/aromatic N) is 3. The molecule has 1 aromatic heterocycles. The molecule has 0 aliphatic carbocycles. The van der Waals surface area contributed by atoms with Gasteiger partial charge in [0.2, 0.25) is 11.8 Å². The molecule has 2 aliphatic rings. The average molecular weight is 426 g/mol. The van der Waals surface area contributed by atoms with Gasteiger partial charge < -0.3 is 9.80 Å². The second kappa shape index (κ2) is 9.73. The van der Waals surface area contributed by atoms with Crippen LogP contribution in [-0.4, -0.2) is 52.8 Å². The standard InChI is InChI=1S/C24H31N3O2S/c1-18-6-8-19(9-7-18)23-25-21(17-30-23)16-22(28)26-14-10-20(11-15-26)24(29)27-12-4-2-3-5-13-27/h6-9,17,20H,2-5,10-16H2,1H3. The van der Waals surface area contributed by atoms with Crippen LogP contribution in [0.3, 0.4) is 0 Å². The molecule has 2 amide bonds. The first-order valence-corrected chi connectivity index (χ1v) is 12.1. The van der Waals surface area contributed by atoms with E-state index in [4.69, 9.17) is 0 Å². The summed E-state index contributed by atoms with van der Waals surface area (Å²) in [4.78, 5) is 34.3. The molecule has 0 unspecified atom stereocenters. The number of likely N-dealkylation sites (tertiary alicyclic amines) is 2. The van der Waals surface area contributed by atoms with Gasteiger partial charge in [0, 0.05) is 43.0 Å². The lowest BCUT2D eigenvalue weighted by Gasteiger charge is -2.34. The molecule has 160 valence electrons. The Hall–Kier alpha value is -2.21. The van der Waals surface area contributed by atoms with Crippen LogP contribution in [0.4, 0.5) is 0 Å². The first kappa shape index (κ1) is 21.0. The van der Waals surface area contributed by atoms with Crippen molar-refractivity contribution < 1.29 is 9.59 Å². The number of piperidine rings is 1. The summed E-state index contributed by atoms with van der Waals surface area (Å²) < 4.78 is 0. The lowest BCUT2D eigenvalue weighted by Crippen LogP contribution is -2.45. The molecule has 2 aliphatic heterocycles. The third-order valence-electron chi connectivity index (χ3n) is 6.30. The number of carbonyl (C=O) groups is 2. The predicted octanol–water partition coefficient (Wildman–Crippen LogP) is 4.30. The third-order valence-corrected chi connectivity index (χ3v) is 7.24. The zero-order valence-electron chi connectivity index (χ0n) is 17.8. The number of carbonyl (C=O) groups excluding carboxylic acids is 2. The Kier molecular flexibility index (Phi) is 6.82. The fourth-order valence-corrected chi connectivity index (χ4v) is 5.23. The second-order valence-corrected chi connectivity index (χ2v) is 9.44. The third kappa shape index (κ3) is 5.09. The molecule has 2 aromatic rings. The van der Waals surface area contributed by atoms with Gasteiger partial charge in [0.15, 0.2) is 0 Å². The molecule has 30 heavy (non-hydrogen) atoms. The highest BCUT2D eigenvalue weighted by atomic mass is 32.1. The lowest BCUT2D eigenvalue weighted by atomic mass is 9.95. The molecular formula is C24H31N3O2S. The maximum absolute atomic E-state index is 12.8. The summed E-state index contributed by atoms with van der Waals surface area (Å²) in [7, 11) is 0. The quantitative estimate of drug-likeness (QED) is 0.734. The van der Waals surface area contributed by atoms with Gasteiger partial charge in [-0.1, -0.05) is 42.7 Å². The topological polar surface area (TPSA) is 53.5 Å². The maximum atomic E-state index is 12.8. The van der Waals surface area contributed by atoms with Crippen molar-refractivity contribution in [1.82, 2.24) is 14.8 Å². The molecular weight excluding hydrogens is 394 g/mol. The fraction of sp³-hybridized carbons (Fsp3) is 0.542. The molecule has 2 saturated heterocycles. The minimum Gasteiger partial charge on any atom is -0.342 e. The van der Waals surface area contributed by atoms with Crippen LogP contribution in [-0.2, 0) is 16.0 Å². The summed E-state index contributed by atoms with van der Waals surface area (Å²) in [6, 6.07) is 8.31. The first-order valence-electron chi connectivity index (χ1n) is 11.2. The van der Waals surface area contributed by atoms with E-state index in [1.165, 1.54) is 18.4 Å². The van der Waals surface area contributed by atoms with Crippen LogP contribution in [0.25, 0.3) is 10.6 Å². The molecule has 0 N–H and O–H groups in total. The van der Waals surface area contributed by atoms with Gasteiger partial charge in [-0.3, -0.25) is 9.59 Å². The van der Waals surface area contributed by atoms with Gasteiger partial charge in [-0.05, 0) is 32.6 Å². The van der Waals surface area contributed by atoms with Crippen LogP contribution in [0.1, 0.15) is 49.8 Å². The number of aromatic nitrogens is 1. The summed E-state index contributed by atoms with van der Waals surface area (Å²) in [5.41, 5.74) is 3.16. The summed E-state index contributed by atoms with van der Waals surface area (Å²) in [5, 5.41) is 2.95. The molecule has 0 atom stereocenters. The van der Waals surface area contributed by atoms with Crippen molar-refractivity contribution in [3.05, 3.63) is 40.9 Å². The van der Waals surface area contributed by atoms with Crippen LogP contribution < -0.4 is 0 Å². The zero-order valence-corrected chi connectivity index (χ0v) is 18.6. The number of hydrogen-bond donors (Lipinski definition) is 0. The number of thiazole rings is 1. The van der Waals surface area contributed by atoms with Gasteiger partial charge in [0.1, 0.15) is 5.01 Å². The van der Waals surface area contributed by atoms with Crippen molar-refractivity contribution in [2.24, 2.45) is 5.92 Å². The van der Waals surface area contributed by atoms with E-state index >= 15 is 0 Å². The van der Waals surface area contributed by atoms with Crippen molar-refractivity contribution in [3.63, 3.8) is 0 Å². The SMILES string of the molecule is Cc1ccc(-c2nc(CC(=O)N3CCC(C(=O)N4CCCCCC4)CC3)cs2)cc1. The Morgan fingerprint density at radius 3 is 2.30 bits per heavy atom. The molecule has 0 saturated carbocycles. The highest BCUT2D eigenvalue weighted by Crippen LogP contribution is 2.26. The van der Waals surface area contributed by atoms with Crippen molar-refractivity contribution in [1.29, 1.82) is 0 Å². The van der Waals surface area contributed by atoms with Gasteiger partial charge in [-0.25, -0.2) is 4.98 Å². The number of rotatable bonds is 4. The van der Waals surface area contributed by atoms with Crippen LogP contribution in [0, 0.1) is 12.8 Å². The average Bonchev–Trinajstić information content (AvgIpc) is 3.06. The van der Waals surface area contributed by atoms with Gasteiger partial charge in [-0.15, -0.1) is 11.3 Å². The van der Waals surface area contributed by atoms with E-state index in [0.717, 1.165) is 55.0 Å². The Bertz CT molecular complexity index is 861. The summed E-state index contributed by atoms with van der Waals surface area (Å²) in [6.45, 7) is 5.24. The molecule has 5 nitrogen and oxygen atoms in total. The minimum absolute atomic E-state index is 0.0829. The number of benzene rings is 1. The molecule has 2 fully saturated rings. The maximum Gasteiger partial charge on any atom is 0.228 e. The Labute approximate surface area is 183 Å². The largest absolute Gasteiger partial charge is 0.342 e. The van der Waals surface area contributed by atoms with Crippen molar-refractivity contribution in [2.45, 2.75) is 51.9 Å². The van der Waals surface area contributed by atoms with Crippen LogP contribution >= 0.6 is 11.3 Å². The van der Waals surface area contributed by atoms with Gasteiger partial charge in [0.05, 0.1) is 12.1 Å². The van der Waals surface area contributed by atoms with E-state index in [1.807, 2.05) is 10.3 Å². The monoisotopic (exact) mass is 425 g/mol. The molecule has 6 heteroatoms. The van der Waals surface area contributed by atoms with E-state index in [0.29, 0.717) is 25.4 Å². The van der Waals surface area contributed by atoms with E-state index in [9.17, 15) is 9.59 Å². The van der Waals surface area contributed by atoms with Gasteiger partial charge in [-0.2, -0.15) is 0 Å². The Morgan fingerprint density at radius 1 is 0.967 bits per heavy atom. The number of amides is 2. The van der Waals surface area contributed by atoms with Crippen LogP contribution in [0.15, 0.2) is 29.6 Å². The smallest absolute Gasteiger partial charge is 0.228 e. The van der Waals surface area contributed by atoms with E-state index in [-0.39, 0.29) is 11.8 Å². The Balaban J connectivity index is 1.28. The van der Waals surface area contributed by atoms with Crippen LogP contribution in [0.5, 0.6) is 0 Å². The predicted molar refractivity (Wildman–Crippen MR) is 120 cm³/mol. The van der Waals surface area contributed by atoms with Crippen molar-refractivity contribution in [2.75, 3.05) is 26.2 Å². The number of aryl methyl sites for hydroxylation is 1. The minimum atomic E-state index is 0.0829. The molecule has 4 rings (SSSR count). The fourth-order valence-electron chi connectivity index (χ4n) is 4.41. The number of hydrogen-bond acceptors (Lipinski definition) is 4. The zero-order chi connectivity index (χ0) is 20.9. The van der Waals surface area contributed by atoms with E-state index < -0.39 is 0 Å². The molecule has 0 spiro atoms. The van der Waals surface area contributed by atoms with Crippen molar-refractivity contribution in [3.8, 4) is 10.6 Å². The second-order valence-electron chi connectivity index (χ2n) is 8.58. The normalized spacial score (nSPS) is 18.3. The highest BCUT2D eigenvalue weighted by molar-refractivity contribution is 7.13. The summed E-state index contributed by atoms with van der Waals surface area (Å²) >= 11 is 1.59. The van der Waals surface area contributed by atoms with E-state index in [1.54, 1.807) is 11.3 Å². The highest BCUT2D eigenvalue weighted by Gasteiger charge is 2.30. The molecule has 3 heterocycles. The van der Waals surface area contributed by atoms with Crippen molar-refractivity contribution >= 4 is 23.2 Å². The summed E-state index contributed by atoms with van der Waals surface area (Å²) in [6.07, 6.45) is 6.63. The van der Waals surface area contributed by atoms with Gasteiger partial charge >= 0.3 is 0 Å². The molecule has 0 radical (unpaired) electrons. The van der Waals surface area contributed by atoms with E-state index in [2.05, 4.69) is 41.1 Å². The van der Waals surface area contributed by atoms with Gasteiger partial charge in [0.25, 0.3) is 0 Å². The van der Waals surface area contributed by atoms with Crippen LogP contribution in [0.2, 0.25) is 0 Å².